The molecule has 19 heavy (non-hydrogen) atoms. The number of likely N-dealkylation sites (N-methyl/N-ethyl adjacent to an activating group) is 1. The lowest BCUT2D eigenvalue weighted by Gasteiger charge is -2.23. The van der Waals surface area contributed by atoms with Crippen molar-refractivity contribution in [1.82, 2.24) is 10.2 Å². The summed E-state index contributed by atoms with van der Waals surface area (Å²) in [6.07, 6.45) is 3.51. The van der Waals surface area contributed by atoms with Gasteiger partial charge in [0.25, 0.3) is 0 Å². The van der Waals surface area contributed by atoms with Gasteiger partial charge in [-0.3, -0.25) is 4.79 Å². The van der Waals surface area contributed by atoms with Crippen molar-refractivity contribution >= 4 is 5.91 Å². The van der Waals surface area contributed by atoms with Gasteiger partial charge in [0.2, 0.25) is 5.91 Å². The van der Waals surface area contributed by atoms with Crippen molar-refractivity contribution in [2.75, 3.05) is 26.7 Å². The lowest BCUT2D eigenvalue weighted by Crippen LogP contribution is -2.47. The number of hydrogen-bond donors (Lipinski definition) is 2. The van der Waals surface area contributed by atoms with Crippen molar-refractivity contribution in [3.63, 3.8) is 0 Å². The first-order valence-corrected chi connectivity index (χ1v) is 7.40. The van der Waals surface area contributed by atoms with Crippen LogP contribution in [-0.2, 0) is 9.53 Å². The Hall–Kier alpha value is -0.650. The van der Waals surface area contributed by atoms with Crippen LogP contribution >= 0.6 is 0 Å². The van der Waals surface area contributed by atoms with Gasteiger partial charge in [0.05, 0.1) is 18.8 Å². The Kier molecular flexibility index (Phi) is 5.19. The van der Waals surface area contributed by atoms with Crippen LogP contribution in [0.25, 0.3) is 0 Å². The molecule has 0 spiro atoms. The number of hydrogen-bond acceptors (Lipinski definition) is 4. The molecule has 110 valence electrons. The number of ether oxygens (including phenoxy) is 1. The number of carbonyl (C=O) groups excluding carboxylic acids is 1. The molecule has 5 nitrogen and oxygen atoms in total. The molecular formula is C14H26N2O3. The highest BCUT2D eigenvalue weighted by Gasteiger charge is 2.39. The van der Waals surface area contributed by atoms with Crippen molar-refractivity contribution in [3.8, 4) is 0 Å². The molecule has 1 saturated carbocycles. The van der Waals surface area contributed by atoms with Gasteiger partial charge < -0.3 is 20.1 Å². The summed E-state index contributed by atoms with van der Waals surface area (Å²) in [6, 6.07) is -0.238. The van der Waals surface area contributed by atoms with Gasteiger partial charge >= 0.3 is 0 Å². The minimum atomic E-state index is -0.591. The van der Waals surface area contributed by atoms with Gasteiger partial charge in [-0.15, -0.1) is 0 Å². The topological polar surface area (TPSA) is 61.8 Å². The first-order valence-electron chi connectivity index (χ1n) is 7.40. The number of unbranched alkanes of at least 4 members (excludes halogenated alkanes) is 1. The lowest BCUT2D eigenvalue weighted by atomic mass is 10.1. The van der Waals surface area contributed by atoms with E-state index in [1.54, 1.807) is 0 Å². The predicted octanol–water partition coefficient (Wildman–Crippen LogP) is 0.373. The Morgan fingerprint density at radius 1 is 1.47 bits per heavy atom. The van der Waals surface area contributed by atoms with E-state index >= 15 is 0 Å². The Bertz CT molecular complexity index is 307. The average Bonchev–Trinajstić information content (AvgIpc) is 3.18. The number of nitrogens with zero attached hydrogens (tertiary/aromatic N) is 1. The number of amides is 1. The third-order valence-electron chi connectivity index (χ3n) is 3.94. The number of nitrogens with one attached hydrogen (secondary N) is 1. The van der Waals surface area contributed by atoms with Gasteiger partial charge in [0, 0.05) is 12.5 Å². The van der Waals surface area contributed by atoms with Crippen LogP contribution in [0.15, 0.2) is 0 Å². The smallest absolute Gasteiger partial charge is 0.223 e. The van der Waals surface area contributed by atoms with Gasteiger partial charge in [-0.1, -0.05) is 13.3 Å². The standard InChI is InChI=1S/C14H26N2O3/c1-3-4-7-16(2)8-12-13(17)11(9-19-12)15-14(18)10-5-6-10/h10-13,17H,3-9H2,1-2H3,(H,15,18)/t11-,12-,13+/m0/s1. The molecule has 2 rings (SSSR count). The molecule has 1 aliphatic carbocycles. The van der Waals surface area contributed by atoms with Crippen LogP contribution in [0.1, 0.15) is 32.6 Å². The summed E-state index contributed by atoms with van der Waals surface area (Å²) >= 11 is 0. The summed E-state index contributed by atoms with van der Waals surface area (Å²) in [5.74, 6) is 0.256. The van der Waals surface area contributed by atoms with Gasteiger partial charge in [0.15, 0.2) is 0 Å². The van der Waals surface area contributed by atoms with E-state index in [1.807, 2.05) is 7.05 Å². The zero-order chi connectivity index (χ0) is 13.8. The van der Waals surface area contributed by atoms with E-state index in [0.29, 0.717) is 6.61 Å². The molecule has 1 amide bonds. The molecule has 2 N–H and O–H groups in total. The van der Waals surface area contributed by atoms with Crippen LogP contribution in [-0.4, -0.2) is 60.9 Å². The summed E-state index contributed by atoms with van der Waals surface area (Å²) < 4.78 is 5.62. The molecule has 1 saturated heterocycles. The Labute approximate surface area is 115 Å². The summed E-state index contributed by atoms with van der Waals surface area (Å²) in [5.41, 5.74) is 0. The predicted molar refractivity (Wildman–Crippen MR) is 72.8 cm³/mol. The van der Waals surface area contributed by atoms with Crippen molar-refractivity contribution in [2.24, 2.45) is 5.92 Å². The summed E-state index contributed by atoms with van der Waals surface area (Å²) in [5, 5.41) is 13.1. The molecule has 0 aromatic rings. The van der Waals surface area contributed by atoms with Gasteiger partial charge in [-0.2, -0.15) is 0 Å². The molecule has 5 heteroatoms. The first-order chi connectivity index (χ1) is 9.11. The average molecular weight is 270 g/mol. The fraction of sp³-hybridized carbons (Fsp3) is 0.929. The largest absolute Gasteiger partial charge is 0.388 e. The molecular weight excluding hydrogens is 244 g/mol. The maximum Gasteiger partial charge on any atom is 0.223 e. The Morgan fingerprint density at radius 3 is 2.84 bits per heavy atom. The molecule has 0 bridgehead atoms. The Morgan fingerprint density at radius 2 is 2.21 bits per heavy atom. The van der Waals surface area contributed by atoms with Crippen molar-refractivity contribution < 1.29 is 14.6 Å². The molecule has 2 fully saturated rings. The highest BCUT2D eigenvalue weighted by atomic mass is 16.5. The quantitative estimate of drug-likeness (QED) is 0.702. The van der Waals surface area contributed by atoms with Crippen LogP contribution in [0.3, 0.4) is 0 Å². The van der Waals surface area contributed by atoms with Crippen LogP contribution in [0.4, 0.5) is 0 Å². The highest BCUT2D eigenvalue weighted by Crippen LogP contribution is 2.29. The second kappa shape index (κ2) is 6.68. The van der Waals surface area contributed by atoms with Gasteiger partial charge in [-0.25, -0.2) is 0 Å². The summed E-state index contributed by atoms with van der Waals surface area (Å²) in [7, 11) is 2.04. The Balaban J connectivity index is 1.73. The van der Waals surface area contributed by atoms with E-state index in [9.17, 15) is 9.90 Å². The first kappa shape index (κ1) is 14.8. The van der Waals surface area contributed by atoms with Gasteiger partial charge in [-0.05, 0) is 32.9 Å². The lowest BCUT2D eigenvalue weighted by molar-refractivity contribution is -0.123. The molecule has 0 radical (unpaired) electrons. The van der Waals surface area contributed by atoms with E-state index in [-0.39, 0.29) is 24.0 Å². The third-order valence-corrected chi connectivity index (χ3v) is 3.94. The maximum absolute atomic E-state index is 11.7. The number of aliphatic hydroxyl groups is 1. The molecule has 1 aliphatic heterocycles. The maximum atomic E-state index is 11.7. The van der Waals surface area contributed by atoms with Crippen molar-refractivity contribution in [3.05, 3.63) is 0 Å². The molecule has 0 unspecified atom stereocenters. The van der Waals surface area contributed by atoms with Crippen LogP contribution < -0.4 is 5.32 Å². The zero-order valence-electron chi connectivity index (χ0n) is 12.0. The van der Waals surface area contributed by atoms with Crippen molar-refractivity contribution in [1.29, 1.82) is 0 Å². The summed E-state index contributed by atoms with van der Waals surface area (Å²) in [4.78, 5) is 13.9. The van der Waals surface area contributed by atoms with Crippen LogP contribution in [0, 0.1) is 5.92 Å². The molecule has 2 aliphatic rings. The second-order valence-electron chi connectivity index (χ2n) is 5.87. The van der Waals surface area contributed by atoms with E-state index in [0.717, 1.165) is 32.4 Å². The normalized spacial score (nSPS) is 30.8. The highest BCUT2D eigenvalue weighted by molar-refractivity contribution is 5.81. The molecule has 0 aromatic heterocycles. The monoisotopic (exact) mass is 270 g/mol. The third kappa shape index (κ3) is 4.16. The van der Waals surface area contributed by atoms with E-state index < -0.39 is 6.10 Å². The zero-order valence-corrected chi connectivity index (χ0v) is 12.0. The van der Waals surface area contributed by atoms with E-state index in [2.05, 4.69) is 17.1 Å². The second-order valence-corrected chi connectivity index (χ2v) is 5.87. The van der Waals surface area contributed by atoms with Crippen LogP contribution in [0.5, 0.6) is 0 Å². The SMILES string of the molecule is CCCCN(C)C[C@@H]1OC[C@H](NC(=O)C2CC2)[C@H]1O. The number of carbonyl (C=O) groups is 1. The van der Waals surface area contributed by atoms with E-state index in [4.69, 9.17) is 4.74 Å². The fourth-order valence-corrected chi connectivity index (χ4v) is 2.44. The molecule has 3 atom stereocenters. The molecule has 1 heterocycles. The minimum Gasteiger partial charge on any atom is -0.388 e. The number of aliphatic hydroxyl groups excluding tert-OH is 1. The van der Waals surface area contributed by atoms with Crippen LogP contribution in [0.2, 0.25) is 0 Å². The van der Waals surface area contributed by atoms with Gasteiger partial charge in [0.1, 0.15) is 6.10 Å². The van der Waals surface area contributed by atoms with E-state index in [1.165, 1.54) is 6.42 Å². The van der Waals surface area contributed by atoms with Crippen molar-refractivity contribution in [2.45, 2.75) is 50.9 Å². The minimum absolute atomic E-state index is 0.0765. The summed E-state index contributed by atoms with van der Waals surface area (Å²) in [6.45, 7) is 4.32. The molecule has 0 aromatic carbocycles. The number of rotatable bonds is 7. The fourth-order valence-electron chi connectivity index (χ4n) is 2.44.